The van der Waals surface area contributed by atoms with Crippen molar-refractivity contribution in [3.63, 3.8) is 0 Å². The molecule has 1 saturated carbocycles. The van der Waals surface area contributed by atoms with Crippen molar-refractivity contribution in [1.82, 2.24) is 4.57 Å². The lowest BCUT2D eigenvalue weighted by Gasteiger charge is -2.13. The Morgan fingerprint density at radius 3 is 2.75 bits per heavy atom. The summed E-state index contributed by atoms with van der Waals surface area (Å²) < 4.78 is 6.97. The predicted octanol–water partition coefficient (Wildman–Crippen LogP) is 2.73. The zero-order chi connectivity index (χ0) is 14.1. The molecule has 1 aromatic carbocycles. The third-order valence-electron chi connectivity index (χ3n) is 3.51. The van der Waals surface area contributed by atoms with E-state index < -0.39 is 0 Å². The number of rotatable bonds is 3. The molecule has 100 valence electrons. The van der Waals surface area contributed by atoms with E-state index in [0.717, 1.165) is 29.8 Å². The van der Waals surface area contributed by atoms with Crippen LogP contribution >= 0.6 is 0 Å². The second kappa shape index (κ2) is 4.86. The molecule has 1 heterocycles. The highest BCUT2D eigenvalue weighted by Crippen LogP contribution is 2.37. The molecule has 4 heteroatoms. The smallest absolute Gasteiger partial charge is 0.269 e. The molecule has 1 aromatic heterocycles. The zero-order valence-corrected chi connectivity index (χ0v) is 11.2. The third-order valence-corrected chi connectivity index (χ3v) is 3.51. The molecule has 2 aromatic rings. The first-order valence-corrected chi connectivity index (χ1v) is 6.54. The van der Waals surface area contributed by atoms with Gasteiger partial charge in [0.2, 0.25) is 0 Å². The molecule has 0 amide bonds. The van der Waals surface area contributed by atoms with Gasteiger partial charge in [0, 0.05) is 11.6 Å². The number of nitrogens with zero attached hydrogens (tertiary/aromatic N) is 2. The number of benzene rings is 1. The Morgan fingerprint density at radius 1 is 1.30 bits per heavy atom. The number of aromatic nitrogens is 1. The summed E-state index contributed by atoms with van der Waals surface area (Å²) in [6.45, 7) is 0. The van der Waals surface area contributed by atoms with E-state index in [2.05, 4.69) is 0 Å². The van der Waals surface area contributed by atoms with Crippen LogP contribution in [0.3, 0.4) is 0 Å². The fourth-order valence-electron chi connectivity index (χ4n) is 2.35. The van der Waals surface area contributed by atoms with Gasteiger partial charge in [-0.3, -0.25) is 4.79 Å². The molecule has 20 heavy (non-hydrogen) atoms. The highest BCUT2D eigenvalue weighted by molar-refractivity contribution is 5.62. The fourth-order valence-corrected chi connectivity index (χ4v) is 2.35. The lowest BCUT2D eigenvalue weighted by atomic mass is 10.1. The van der Waals surface area contributed by atoms with E-state index in [1.165, 1.54) is 0 Å². The number of hydrogen-bond donors (Lipinski definition) is 0. The van der Waals surface area contributed by atoms with E-state index in [-0.39, 0.29) is 17.2 Å². The van der Waals surface area contributed by atoms with Crippen molar-refractivity contribution in [2.45, 2.75) is 18.9 Å². The second-order valence-electron chi connectivity index (χ2n) is 4.88. The summed E-state index contributed by atoms with van der Waals surface area (Å²) in [4.78, 5) is 12.3. The first-order chi connectivity index (χ1) is 9.74. The Bertz CT molecular complexity index is 752. The maximum absolute atomic E-state index is 12.3. The molecule has 0 bridgehead atoms. The van der Waals surface area contributed by atoms with Crippen LogP contribution in [0.25, 0.3) is 11.3 Å². The molecule has 1 aliphatic rings. The van der Waals surface area contributed by atoms with Crippen LogP contribution in [-0.4, -0.2) is 11.7 Å². The molecule has 1 fully saturated rings. The van der Waals surface area contributed by atoms with E-state index in [1.807, 2.05) is 36.4 Å². The number of hydrogen-bond acceptors (Lipinski definition) is 3. The average molecular weight is 266 g/mol. The molecule has 4 nitrogen and oxygen atoms in total. The second-order valence-corrected chi connectivity index (χ2v) is 4.88. The molecule has 3 rings (SSSR count). The molecule has 0 spiro atoms. The predicted molar refractivity (Wildman–Crippen MR) is 75.7 cm³/mol. The summed E-state index contributed by atoms with van der Waals surface area (Å²) in [5.41, 5.74) is 1.77. The number of pyridine rings is 1. The molecule has 0 aliphatic heterocycles. The van der Waals surface area contributed by atoms with Gasteiger partial charge in [-0.05, 0) is 37.1 Å². The third kappa shape index (κ3) is 2.08. The average Bonchev–Trinajstić information content (AvgIpc) is 3.31. The van der Waals surface area contributed by atoms with Crippen molar-refractivity contribution >= 4 is 0 Å². The molecule has 0 unspecified atom stereocenters. The van der Waals surface area contributed by atoms with Crippen LogP contribution in [0.4, 0.5) is 0 Å². The molecular weight excluding hydrogens is 252 g/mol. The summed E-state index contributed by atoms with van der Waals surface area (Å²) in [7, 11) is 1.62. The van der Waals surface area contributed by atoms with Crippen LogP contribution in [0.5, 0.6) is 5.75 Å². The van der Waals surface area contributed by atoms with Crippen LogP contribution in [0, 0.1) is 11.3 Å². The highest BCUT2D eigenvalue weighted by atomic mass is 16.5. The monoisotopic (exact) mass is 266 g/mol. The molecule has 0 N–H and O–H groups in total. The first-order valence-electron chi connectivity index (χ1n) is 6.54. The summed E-state index contributed by atoms with van der Waals surface area (Å²) in [5.74, 6) is 0.752. The number of nitriles is 1. The molecule has 0 radical (unpaired) electrons. The minimum atomic E-state index is -0.199. The molecule has 0 atom stereocenters. The number of methoxy groups -OCH3 is 1. The number of ether oxygens (including phenoxy) is 1. The lowest BCUT2D eigenvalue weighted by Crippen LogP contribution is -2.23. The Kier molecular flexibility index (Phi) is 3.03. The van der Waals surface area contributed by atoms with Gasteiger partial charge in [-0.2, -0.15) is 5.26 Å². The topological polar surface area (TPSA) is 55.0 Å². The molecule has 0 saturated heterocycles. The van der Waals surface area contributed by atoms with Crippen LogP contribution in [0.15, 0.2) is 41.2 Å². The largest absolute Gasteiger partial charge is 0.497 e. The normalized spacial score (nSPS) is 13.8. The van der Waals surface area contributed by atoms with Gasteiger partial charge in [-0.1, -0.05) is 12.1 Å². The van der Waals surface area contributed by atoms with E-state index in [9.17, 15) is 4.79 Å². The Labute approximate surface area is 116 Å². The van der Waals surface area contributed by atoms with E-state index in [0.29, 0.717) is 0 Å². The summed E-state index contributed by atoms with van der Waals surface area (Å²) in [5, 5.41) is 9.01. The van der Waals surface area contributed by atoms with Gasteiger partial charge < -0.3 is 9.30 Å². The van der Waals surface area contributed by atoms with Crippen molar-refractivity contribution in [2.75, 3.05) is 7.11 Å². The van der Waals surface area contributed by atoms with Gasteiger partial charge in [-0.25, -0.2) is 0 Å². The van der Waals surface area contributed by atoms with Crippen molar-refractivity contribution < 1.29 is 4.74 Å². The molecular formula is C16H14N2O2. The van der Waals surface area contributed by atoms with Crippen LogP contribution in [-0.2, 0) is 0 Å². The summed E-state index contributed by atoms with van der Waals surface area (Å²) in [6.07, 6.45) is 1.98. The summed E-state index contributed by atoms with van der Waals surface area (Å²) >= 11 is 0. The van der Waals surface area contributed by atoms with Crippen molar-refractivity contribution in [3.8, 4) is 23.1 Å². The van der Waals surface area contributed by atoms with Gasteiger partial charge in [0.15, 0.2) is 0 Å². The first kappa shape index (κ1) is 12.5. The Balaban J connectivity index is 2.21. The van der Waals surface area contributed by atoms with Gasteiger partial charge in [0.25, 0.3) is 5.56 Å². The van der Waals surface area contributed by atoms with Crippen molar-refractivity contribution in [3.05, 3.63) is 52.3 Å². The van der Waals surface area contributed by atoms with E-state index in [4.69, 9.17) is 10.00 Å². The summed E-state index contributed by atoms with van der Waals surface area (Å²) in [6, 6.07) is 13.2. The Morgan fingerprint density at radius 2 is 2.10 bits per heavy atom. The minimum Gasteiger partial charge on any atom is -0.497 e. The SMILES string of the molecule is COc1cccc(-c2ccc(C#N)c(=O)n2C2CC2)c1. The van der Waals surface area contributed by atoms with Crippen molar-refractivity contribution in [1.29, 1.82) is 5.26 Å². The minimum absolute atomic E-state index is 0.198. The Hall–Kier alpha value is -2.54. The highest BCUT2D eigenvalue weighted by Gasteiger charge is 2.28. The zero-order valence-electron chi connectivity index (χ0n) is 11.2. The van der Waals surface area contributed by atoms with Crippen LogP contribution in [0.1, 0.15) is 24.4 Å². The van der Waals surface area contributed by atoms with E-state index in [1.54, 1.807) is 17.7 Å². The van der Waals surface area contributed by atoms with Gasteiger partial charge in [-0.15, -0.1) is 0 Å². The maximum Gasteiger partial charge on any atom is 0.269 e. The molecule has 1 aliphatic carbocycles. The maximum atomic E-state index is 12.3. The van der Waals surface area contributed by atoms with E-state index >= 15 is 0 Å². The standard InChI is InChI=1S/C16H14N2O2/c1-20-14-4-2-3-11(9-14)15-8-5-12(10-17)16(19)18(15)13-6-7-13/h2-5,8-9,13H,6-7H2,1H3. The van der Waals surface area contributed by atoms with Gasteiger partial charge in [0.05, 0.1) is 12.8 Å². The van der Waals surface area contributed by atoms with Gasteiger partial charge >= 0.3 is 0 Å². The van der Waals surface area contributed by atoms with Crippen molar-refractivity contribution in [2.24, 2.45) is 0 Å². The van der Waals surface area contributed by atoms with Gasteiger partial charge in [0.1, 0.15) is 17.4 Å². The fraction of sp³-hybridized carbons (Fsp3) is 0.250. The van der Waals surface area contributed by atoms with Crippen LogP contribution < -0.4 is 10.3 Å². The van der Waals surface area contributed by atoms with Crippen LogP contribution in [0.2, 0.25) is 0 Å². The quantitative estimate of drug-likeness (QED) is 0.858. The lowest BCUT2D eigenvalue weighted by molar-refractivity contribution is 0.415.